The molecule has 31 heavy (non-hydrogen) atoms. The van der Waals surface area contributed by atoms with Gasteiger partial charge in [0.05, 0.1) is 7.11 Å². The fraction of sp³-hybridized carbons (Fsp3) is 0.222. The molecular weight excluding hydrogens is 386 g/mol. The zero-order valence-corrected chi connectivity index (χ0v) is 17.9. The van der Waals surface area contributed by atoms with Crippen molar-refractivity contribution >= 4 is 5.91 Å². The van der Waals surface area contributed by atoms with E-state index in [0.29, 0.717) is 18.0 Å². The van der Waals surface area contributed by atoms with Crippen molar-refractivity contribution in [2.45, 2.75) is 18.8 Å². The minimum Gasteiger partial charge on any atom is -0.493 e. The summed E-state index contributed by atoms with van der Waals surface area (Å²) in [6.07, 6.45) is 3.39. The maximum absolute atomic E-state index is 12.3. The van der Waals surface area contributed by atoms with Gasteiger partial charge in [0.1, 0.15) is 0 Å². The first kappa shape index (κ1) is 22.2. The van der Waals surface area contributed by atoms with Gasteiger partial charge in [0.2, 0.25) is 0 Å². The summed E-state index contributed by atoms with van der Waals surface area (Å²) in [6, 6.07) is 26.4. The van der Waals surface area contributed by atoms with Gasteiger partial charge in [-0.05, 0) is 41.7 Å². The molecule has 1 N–H and O–H groups in total. The zero-order chi connectivity index (χ0) is 21.9. The molecule has 0 heterocycles. The highest BCUT2D eigenvalue weighted by molar-refractivity contribution is 5.77. The molecule has 0 aliphatic heterocycles. The fourth-order valence-electron chi connectivity index (χ4n) is 3.57. The summed E-state index contributed by atoms with van der Waals surface area (Å²) in [6.45, 7) is 4.25. The molecule has 3 aromatic rings. The van der Waals surface area contributed by atoms with Crippen molar-refractivity contribution in [2.24, 2.45) is 0 Å². The van der Waals surface area contributed by atoms with E-state index in [9.17, 15) is 4.79 Å². The monoisotopic (exact) mass is 415 g/mol. The number of hydrogen-bond acceptors (Lipinski definition) is 3. The second kappa shape index (κ2) is 11.6. The summed E-state index contributed by atoms with van der Waals surface area (Å²) in [5, 5.41) is 2.97. The van der Waals surface area contributed by atoms with Crippen molar-refractivity contribution in [1.82, 2.24) is 5.32 Å². The number of benzene rings is 3. The summed E-state index contributed by atoms with van der Waals surface area (Å²) >= 11 is 0. The average molecular weight is 416 g/mol. The van der Waals surface area contributed by atoms with Crippen LogP contribution in [0.2, 0.25) is 0 Å². The van der Waals surface area contributed by atoms with Gasteiger partial charge < -0.3 is 14.8 Å². The smallest absolute Gasteiger partial charge is 0.257 e. The predicted molar refractivity (Wildman–Crippen MR) is 125 cm³/mol. The lowest BCUT2D eigenvalue weighted by Crippen LogP contribution is -2.30. The Balaban J connectivity index is 1.55. The number of methoxy groups -OCH3 is 1. The average Bonchev–Trinajstić information content (AvgIpc) is 2.82. The third-order valence-corrected chi connectivity index (χ3v) is 5.13. The second-order valence-corrected chi connectivity index (χ2v) is 7.28. The van der Waals surface area contributed by atoms with Crippen LogP contribution in [-0.2, 0) is 11.2 Å². The summed E-state index contributed by atoms with van der Waals surface area (Å²) in [7, 11) is 1.59. The topological polar surface area (TPSA) is 47.6 Å². The number of ether oxygens (including phenoxy) is 2. The van der Waals surface area contributed by atoms with Crippen LogP contribution in [-0.4, -0.2) is 26.2 Å². The molecule has 0 aliphatic carbocycles. The third kappa shape index (κ3) is 6.48. The van der Waals surface area contributed by atoms with Crippen molar-refractivity contribution in [2.75, 3.05) is 20.3 Å². The molecule has 3 rings (SSSR count). The molecule has 0 aromatic heterocycles. The molecule has 0 saturated heterocycles. The third-order valence-electron chi connectivity index (χ3n) is 5.13. The highest BCUT2D eigenvalue weighted by atomic mass is 16.5. The van der Waals surface area contributed by atoms with Crippen LogP contribution in [0.5, 0.6) is 11.5 Å². The van der Waals surface area contributed by atoms with E-state index >= 15 is 0 Å². The largest absolute Gasteiger partial charge is 0.493 e. The van der Waals surface area contributed by atoms with Gasteiger partial charge in [0.25, 0.3) is 5.91 Å². The first-order valence-corrected chi connectivity index (χ1v) is 10.5. The van der Waals surface area contributed by atoms with E-state index in [1.807, 2.05) is 60.7 Å². The van der Waals surface area contributed by atoms with Gasteiger partial charge >= 0.3 is 0 Å². The molecule has 0 spiro atoms. The van der Waals surface area contributed by atoms with Crippen molar-refractivity contribution in [3.63, 3.8) is 0 Å². The summed E-state index contributed by atoms with van der Waals surface area (Å²) in [4.78, 5) is 12.3. The zero-order valence-electron chi connectivity index (χ0n) is 17.9. The molecule has 160 valence electrons. The summed E-state index contributed by atoms with van der Waals surface area (Å²) in [5.74, 6) is 1.23. The maximum atomic E-state index is 12.3. The Hall–Kier alpha value is -3.53. The first-order chi connectivity index (χ1) is 15.2. The van der Waals surface area contributed by atoms with Gasteiger partial charge in [0, 0.05) is 12.5 Å². The minimum atomic E-state index is -0.155. The molecule has 0 aliphatic rings. The van der Waals surface area contributed by atoms with E-state index in [0.717, 1.165) is 18.4 Å². The number of amides is 1. The fourth-order valence-corrected chi connectivity index (χ4v) is 3.57. The molecular formula is C27H29NO3. The Morgan fingerprint density at radius 3 is 2.19 bits per heavy atom. The van der Waals surface area contributed by atoms with Crippen LogP contribution < -0.4 is 14.8 Å². The van der Waals surface area contributed by atoms with Gasteiger partial charge in [-0.2, -0.15) is 0 Å². The van der Waals surface area contributed by atoms with Crippen molar-refractivity contribution in [3.05, 3.63) is 108 Å². The predicted octanol–water partition coefficient (Wildman–Crippen LogP) is 5.14. The SMILES string of the molecule is C=CCc1ccc(OCC(=O)NCCC(c2ccccc2)c2ccccc2)c(OC)c1. The standard InChI is InChI=1S/C27H29NO3/c1-3-10-21-15-16-25(26(19-21)30-2)31-20-27(29)28-18-17-24(22-11-6-4-7-12-22)23-13-8-5-9-14-23/h3-9,11-16,19,24H,1,10,17-18,20H2,2H3,(H,28,29). The Morgan fingerprint density at radius 1 is 0.968 bits per heavy atom. The molecule has 3 aromatic carbocycles. The molecule has 0 radical (unpaired) electrons. The molecule has 4 nitrogen and oxygen atoms in total. The Kier molecular flexibility index (Phi) is 8.29. The molecule has 1 amide bonds. The van der Waals surface area contributed by atoms with E-state index in [2.05, 4.69) is 36.2 Å². The summed E-state index contributed by atoms with van der Waals surface area (Å²) < 4.78 is 11.1. The van der Waals surface area contributed by atoms with Crippen molar-refractivity contribution in [3.8, 4) is 11.5 Å². The highest BCUT2D eigenvalue weighted by Crippen LogP contribution is 2.29. The van der Waals surface area contributed by atoms with E-state index in [-0.39, 0.29) is 18.4 Å². The molecule has 0 fully saturated rings. The molecule has 0 unspecified atom stereocenters. The van der Waals surface area contributed by atoms with Crippen LogP contribution in [0, 0.1) is 0 Å². The second-order valence-electron chi connectivity index (χ2n) is 7.28. The molecule has 4 heteroatoms. The van der Waals surface area contributed by atoms with Crippen LogP contribution in [0.25, 0.3) is 0 Å². The van der Waals surface area contributed by atoms with E-state index < -0.39 is 0 Å². The normalized spacial score (nSPS) is 10.5. The van der Waals surface area contributed by atoms with E-state index in [1.165, 1.54) is 11.1 Å². The molecule has 0 bridgehead atoms. The number of rotatable bonds is 11. The van der Waals surface area contributed by atoms with Crippen LogP contribution in [0.1, 0.15) is 29.0 Å². The number of nitrogens with one attached hydrogen (secondary N) is 1. The lowest BCUT2D eigenvalue weighted by atomic mass is 9.88. The van der Waals surface area contributed by atoms with Crippen LogP contribution in [0.4, 0.5) is 0 Å². The Bertz CT molecular complexity index is 931. The number of hydrogen-bond donors (Lipinski definition) is 1. The van der Waals surface area contributed by atoms with E-state index in [1.54, 1.807) is 7.11 Å². The Labute approximate surface area is 184 Å². The number of carbonyl (C=O) groups is 1. The molecule has 0 atom stereocenters. The van der Waals surface area contributed by atoms with Gasteiger partial charge in [0.15, 0.2) is 18.1 Å². The minimum absolute atomic E-state index is 0.0570. The first-order valence-electron chi connectivity index (χ1n) is 10.5. The van der Waals surface area contributed by atoms with Crippen molar-refractivity contribution < 1.29 is 14.3 Å². The highest BCUT2D eigenvalue weighted by Gasteiger charge is 2.14. The summed E-state index contributed by atoms with van der Waals surface area (Å²) in [5.41, 5.74) is 3.56. The van der Waals surface area contributed by atoms with Gasteiger partial charge in [-0.3, -0.25) is 4.79 Å². The quantitative estimate of drug-likeness (QED) is 0.441. The van der Waals surface area contributed by atoms with Crippen LogP contribution >= 0.6 is 0 Å². The Morgan fingerprint density at radius 2 is 1.61 bits per heavy atom. The molecule has 0 saturated carbocycles. The van der Waals surface area contributed by atoms with Crippen molar-refractivity contribution in [1.29, 1.82) is 0 Å². The van der Waals surface area contributed by atoms with Gasteiger partial charge in [-0.1, -0.05) is 72.8 Å². The number of carbonyl (C=O) groups excluding carboxylic acids is 1. The van der Waals surface area contributed by atoms with Crippen LogP contribution in [0.3, 0.4) is 0 Å². The number of allylic oxidation sites excluding steroid dienone is 1. The lowest BCUT2D eigenvalue weighted by molar-refractivity contribution is -0.123. The lowest BCUT2D eigenvalue weighted by Gasteiger charge is -2.18. The van der Waals surface area contributed by atoms with Gasteiger partial charge in [-0.25, -0.2) is 0 Å². The van der Waals surface area contributed by atoms with Crippen LogP contribution in [0.15, 0.2) is 91.5 Å². The van der Waals surface area contributed by atoms with E-state index in [4.69, 9.17) is 9.47 Å². The maximum Gasteiger partial charge on any atom is 0.257 e. The van der Waals surface area contributed by atoms with Gasteiger partial charge in [-0.15, -0.1) is 6.58 Å².